The second-order valence-corrected chi connectivity index (χ2v) is 5.49. The van der Waals surface area contributed by atoms with Crippen LogP contribution in [0, 0.1) is 0 Å². The first-order valence-corrected chi connectivity index (χ1v) is 6.59. The van der Waals surface area contributed by atoms with E-state index in [1.807, 2.05) is 6.92 Å². The Morgan fingerprint density at radius 2 is 2.14 bits per heavy atom. The van der Waals surface area contributed by atoms with Crippen LogP contribution in [0.1, 0.15) is 12.5 Å². The fourth-order valence-electron chi connectivity index (χ4n) is 1.84. The molecule has 1 aromatic rings. The normalized spacial score (nSPS) is 17.2. The lowest BCUT2D eigenvalue weighted by Crippen LogP contribution is -2.59. The third-order valence-electron chi connectivity index (χ3n) is 3.11. The quantitative estimate of drug-likeness (QED) is 0.896. The molecule has 2 N–H and O–H groups in total. The summed E-state index contributed by atoms with van der Waals surface area (Å²) in [7, 11) is 0. The molecule has 116 valence electrons. The maximum atomic E-state index is 12.7. The fraction of sp³-hybridized carbons (Fsp3) is 0.462. The summed E-state index contributed by atoms with van der Waals surface area (Å²) in [4.78, 5) is 11.7. The van der Waals surface area contributed by atoms with Gasteiger partial charge in [0.1, 0.15) is 6.61 Å². The predicted molar refractivity (Wildman–Crippen MR) is 72.3 cm³/mol. The smallest absolute Gasteiger partial charge is 0.363 e. The third kappa shape index (κ3) is 4.09. The Morgan fingerprint density at radius 1 is 1.48 bits per heavy atom. The first-order valence-electron chi connectivity index (χ1n) is 6.21. The van der Waals surface area contributed by atoms with Gasteiger partial charge < -0.3 is 15.4 Å². The molecule has 1 aliphatic heterocycles. The molecule has 0 aliphatic carbocycles. The van der Waals surface area contributed by atoms with Gasteiger partial charge in [-0.3, -0.25) is 4.79 Å². The van der Waals surface area contributed by atoms with Crippen molar-refractivity contribution >= 4 is 23.2 Å². The molecule has 2 rings (SSSR count). The van der Waals surface area contributed by atoms with E-state index in [1.54, 1.807) is 0 Å². The average molecular weight is 323 g/mol. The molecule has 0 unspecified atom stereocenters. The number of benzene rings is 1. The lowest BCUT2D eigenvalue weighted by Gasteiger charge is -2.38. The number of amides is 1. The molecule has 1 heterocycles. The maximum absolute atomic E-state index is 12.7. The minimum absolute atomic E-state index is 0.0252. The van der Waals surface area contributed by atoms with E-state index in [1.165, 1.54) is 6.07 Å². The van der Waals surface area contributed by atoms with Gasteiger partial charge in [-0.15, -0.1) is 0 Å². The summed E-state index contributed by atoms with van der Waals surface area (Å²) < 4.78 is 43.5. The van der Waals surface area contributed by atoms with Crippen LogP contribution in [-0.4, -0.2) is 31.2 Å². The standard InChI is InChI=1S/C13H14ClF3N2O2/c1-12(6-18-7-12)21-5-11(20)19-8-2-3-10(14)9(4-8)13(15,16)17/h2-4,18H,5-7H2,1H3,(H,19,20). The Bertz CT molecular complexity index is 545. The van der Waals surface area contributed by atoms with Crippen molar-refractivity contribution in [2.45, 2.75) is 18.7 Å². The minimum Gasteiger partial charge on any atom is -0.363 e. The molecule has 4 nitrogen and oxygen atoms in total. The van der Waals surface area contributed by atoms with Crippen molar-refractivity contribution in [3.05, 3.63) is 28.8 Å². The van der Waals surface area contributed by atoms with Gasteiger partial charge in [0.05, 0.1) is 16.2 Å². The van der Waals surface area contributed by atoms with Crippen LogP contribution in [0.2, 0.25) is 5.02 Å². The van der Waals surface area contributed by atoms with Gasteiger partial charge in [-0.05, 0) is 25.1 Å². The number of carbonyl (C=O) groups excluding carboxylic acids is 1. The maximum Gasteiger partial charge on any atom is 0.417 e. The SMILES string of the molecule is CC1(OCC(=O)Nc2ccc(Cl)c(C(F)(F)F)c2)CNC1. The molecule has 0 atom stereocenters. The molecule has 1 amide bonds. The van der Waals surface area contributed by atoms with Gasteiger partial charge in [0, 0.05) is 18.8 Å². The Morgan fingerprint density at radius 3 is 2.67 bits per heavy atom. The number of anilines is 1. The molecule has 21 heavy (non-hydrogen) atoms. The van der Waals surface area contributed by atoms with Crippen LogP contribution >= 0.6 is 11.6 Å². The first-order chi connectivity index (χ1) is 9.70. The van der Waals surface area contributed by atoms with Gasteiger partial charge in [0.25, 0.3) is 0 Å². The second-order valence-electron chi connectivity index (χ2n) is 5.08. The van der Waals surface area contributed by atoms with E-state index < -0.39 is 28.3 Å². The largest absolute Gasteiger partial charge is 0.417 e. The van der Waals surface area contributed by atoms with Gasteiger partial charge in [0.2, 0.25) is 5.91 Å². The highest BCUT2D eigenvalue weighted by atomic mass is 35.5. The monoisotopic (exact) mass is 322 g/mol. The van der Waals surface area contributed by atoms with Gasteiger partial charge in [-0.1, -0.05) is 11.6 Å². The highest BCUT2D eigenvalue weighted by Gasteiger charge is 2.34. The average Bonchev–Trinajstić information content (AvgIpc) is 2.35. The first kappa shape index (κ1) is 16.1. The highest BCUT2D eigenvalue weighted by molar-refractivity contribution is 6.31. The summed E-state index contributed by atoms with van der Waals surface area (Å²) in [5.74, 6) is -0.515. The van der Waals surface area contributed by atoms with Crippen molar-refractivity contribution in [1.29, 1.82) is 0 Å². The van der Waals surface area contributed by atoms with Crippen molar-refractivity contribution in [3.63, 3.8) is 0 Å². The van der Waals surface area contributed by atoms with E-state index in [4.69, 9.17) is 16.3 Å². The molecular formula is C13H14ClF3N2O2. The van der Waals surface area contributed by atoms with Crippen molar-refractivity contribution in [1.82, 2.24) is 5.32 Å². The lowest BCUT2D eigenvalue weighted by atomic mass is 10.0. The number of hydrogen-bond acceptors (Lipinski definition) is 3. The van der Waals surface area contributed by atoms with Gasteiger partial charge in [-0.25, -0.2) is 0 Å². The number of halogens is 4. The second kappa shape index (κ2) is 5.82. The number of ether oxygens (including phenoxy) is 1. The van der Waals surface area contributed by atoms with Crippen LogP contribution in [0.4, 0.5) is 18.9 Å². The molecule has 1 aliphatic rings. The van der Waals surface area contributed by atoms with Gasteiger partial charge in [-0.2, -0.15) is 13.2 Å². The molecule has 1 fully saturated rings. The van der Waals surface area contributed by atoms with Crippen LogP contribution < -0.4 is 10.6 Å². The van der Waals surface area contributed by atoms with Crippen LogP contribution in [0.3, 0.4) is 0 Å². The van der Waals surface area contributed by atoms with Crippen molar-refractivity contribution in [3.8, 4) is 0 Å². The summed E-state index contributed by atoms with van der Waals surface area (Å²) >= 11 is 5.50. The third-order valence-corrected chi connectivity index (χ3v) is 3.43. The molecule has 0 radical (unpaired) electrons. The number of alkyl halides is 3. The number of carbonyl (C=O) groups is 1. The van der Waals surface area contributed by atoms with E-state index in [2.05, 4.69) is 10.6 Å². The van der Waals surface area contributed by atoms with Crippen LogP contribution in [0.15, 0.2) is 18.2 Å². The molecule has 0 spiro atoms. The molecular weight excluding hydrogens is 309 g/mol. The lowest BCUT2D eigenvalue weighted by molar-refractivity contribution is -0.137. The zero-order valence-electron chi connectivity index (χ0n) is 11.2. The zero-order chi connectivity index (χ0) is 15.7. The number of rotatable bonds is 4. The Hall–Kier alpha value is -1.31. The summed E-state index contributed by atoms with van der Waals surface area (Å²) in [6.45, 7) is 2.90. The van der Waals surface area contributed by atoms with E-state index in [0.29, 0.717) is 13.1 Å². The Kier molecular flexibility index (Phi) is 4.46. The van der Waals surface area contributed by atoms with Crippen molar-refractivity contribution < 1.29 is 22.7 Å². The predicted octanol–water partition coefficient (Wildman–Crippen LogP) is 2.68. The van der Waals surface area contributed by atoms with E-state index in [-0.39, 0.29) is 12.3 Å². The van der Waals surface area contributed by atoms with Gasteiger partial charge >= 0.3 is 6.18 Å². The summed E-state index contributed by atoms with van der Waals surface area (Å²) in [5.41, 5.74) is -1.36. The number of nitrogens with one attached hydrogen (secondary N) is 2. The molecule has 0 saturated carbocycles. The summed E-state index contributed by atoms with van der Waals surface area (Å²) in [5, 5.41) is 4.96. The zero-order valence-corrected chi connectivity index (χ0v) is 11.9. The topological polar surface area (TPSA) is 50.4 Å². The summed E-state index contributed by atoms with van der Waals surface area (Å²) in [6, 6.07) is 3.20. The summed E-state index contributed by atoms with van der Waals surface area (Å²) in [6.07, 6.45) is -4.57. The number of hydrogen-bond donors (Lipinski definition) is 2. The van der Waals surface area contributed by atoms with Crippen molar-refractivity contribution in [2.75, 3.05) is 25.0 Å². The Balaban J connectivity index is 1.97. The van der Waals surface area contributed by atoms with E-state index in [9.17, 15) is 18.0 Å². The fourth-order valence-corrected chi connectivity index (χ4v) is 2.06. The van der Waals surface area contributed by atoms with Crippen LogP contribution in [0.5, 0.6) is 0 Å². The van der Waals surface area contributed by atoms with E-state index in [0.717, 1.165) is 12.1 Å². The van der Waals surface area contributed by atoms with Gasteiger partial charge in [0.15, 0.2) is 0 Å². The van der Waals surface area contributed by atoms with E-state index >= 15 is 0 Å². The minimum atomic E-state index is -4.57. The highest BCUT2D eigenvalue weighted by Crippen LogP contribution is 2.36. The van der Waals surface area contributed by atoms with Crippen molar-refractivity contribution in [2.24, 2.45) is 0 Å². The molecule has 1 saturated heterocycles. The van der Waals surface area contributed by atoms with Crippen LogP contribution in [0.25, 0.3) is 0 Å². The Labute approximate surface area is 124 Å². The molecule has 8 heteroatoms. The van der Waals surface area contributed by atoms with Crippen LogP contribution in [-0.2, 0) is 15.7 Å². The molecule has 0 aromatic heterocycles. The molecule has 1 aromatic carbocycles. The molecule has 0 bridgehead atoms.